The maximum atomic E-state index is 11.5. The van der Waals surface area contributed by atoms with E-state index < -0.39 is 0 Å². The average Bonchev–Trinajstić information content (AvgIpc) is 2.44. The number of carbonyl (C=O) groups is 1. The molecule has 0 spiro atoms. The van der Waals surface area contributed by atoms with E-state index in [4.69, 9.17) is 4.74 Å². The standard InChI is InChI=1S/C17H30O2/c1-7-11-14(8-2)16(10-4)15(9-3)12-13(5)17(18)19-6/h12,14H,7-11H2,1-6H3/b13-12+,16-15+. The zero-order chi connectivity index (χ0) is 14.8. The number of hydrogen-bond acceptors (Lipinski definition) is 2. The first-order valence-electron chi connectivity index (χ1n) is 7.53. The van der Waals surface area contributed by atoms with Crippen molar-refractivity contribution in [2.75, 3.05) is 7.11 Å². The molecule has 110 valence electrons. The van der Waals surface area contributed by atoms with Crippen molar-refractivity contribution in [3.63, 3.8) is 0 Å². The average molecular weight is 266 g/mol. The summed E-state index contributed by atoms with van der Waals surface area (Å²) in [5.41, 5.74) is 3.51. The van der Waals surface area contributed by atoms with Crippen molar-refractivity contribution >= 4 is 5.97 Å². The lowest BCUT2D eigenvalue weighted by Crippen LogP contribution is -2.07. The summed E-state index contributed by atoms with van der Waals surface area (Å²) >= 11 is 0. The quantitative estimate of drug-likeness (QED) is 0.349. The van der Waals surface area contributed by atoms with Crippen LogP contribution in [0.3, 0.4) is 0 Å². The molecule has 0 saturated carbocycles. The fourth-order valence-electron chi connectivity index (χ4n) is 2.65. The van der Waals surface area contributed by atoms with E-state index in [1.165, 1.54) is 37.5 Å². The summed E-state index contributed by atoms with van der Waals surface area (Å²) in [6.45, 7) is 10.7. The second kappa shape index (κ2) is 9.82. The first kappa shape index (κ1) is 17.9. The molecule has 0 aliphatic carbocycles. The highest BCUT2D eigenvalue weighted by Gasteiger charge is 2.14. The summed E-state index contributed by atoms with van der Waals surface area (Å²) in [4.78, 5) is 11.5. The minimum Gasteiger partial charge on any atom is -0.466 e. The van der Waals surface area contributed by atoms with Crippen LogP contribution < -0.4 is 0 Å². The van der Waals surface area contributed by atoms with Crippen molar-refractivity contribution in [1.82, 2.24) is 0 Å². The third kappa shape index (κ3) is 5.63. The zero-order valence-electron chi connectivity index (χ0n) is 13.5. The van der Waals surface area contributed by atoms with Crippen molar-refractivity contribution in [1.29, 1.82) is 0 Å². The number of ether oxygens (including phenoxy) is 1. The molecule has 0 bridgehead atoms. The van der Waals surface area contributed by atoms with Gasteiger partial charge in [-0.15, -0.1) is 0 Å². The Hall–Kier alpha value is -1.05. The van der Waals surface area contributed by atoms with Crippen LogP contribution in [0.4, 0.5) is 0 Å². The van der Waals surface area contributed by atoms with Crippen molar-refractivity contribution < 1.29 is 9.53 Å². The zero-order valence-corrected chi connectivity index (χ0v) is 13.5. The Labute approximate surface area is 118 Å². The maximum Gasteiger partial charge on any atom is 0.333 e. The normalized spacial score (nSPS) is 14.9. The van der Waals surface area contributed by atoms with Gasteiger partial charge in [-0.05, 0) is 50.2 Å². The van der Waals surface area contributed by atoms with Gasteiger partial charge in [-0.3, -0.25) is 0 Å². The van der Waals surface area contributed by atoms with Gasteiger partial charge in [0.2, 0.25) is 0 Å². The van der Waals surface area contributed by atoms with Crippen molar-refractivity contribution in [3.8, 4) is 0 Å². The van der Waals surface area contributed by atoms with E-state index in [1.807, 2.05) is 13.0 Å². The Kier molecular flexibility index (Phi) is 9.28. The molecule has 1 atom stereocenters. The van der Waals surface area contributed by atoms with Gasteiger partial charge in [-0.25, -0.2) is 4.79 Å². The van der Waals surface area contributed by atoms with E-state index in [9.17, 15) is 4.79 Å². The fourth-order valence-corrected chi connectivity index (χ4v) is 2.65. The predicted octanol–water partition coefficient (Wildman–Crippen LogP) is 5.05. The van der Waals surface area contributed by atoms with E-state index in [0.717, 1.165) is 12.8 Å². The molecule has 0 saturated heterocycles. The van der Waals surface area contributed by atoms with Crippen LogP contribution in [0.15, 0.2) is 22.8 Å². The largest absolute Gasteiger partial charge is 0.466 e. The van der Waals surface area contributed by atoms with Crippen LogP contribution in [-0.4, -0.2) is 13.1 Å². The Bertz CT molecular complexity index is 337. The first-order chi connectivity index (χ1) is 9.05. The molecule has 19 heavy (non-hydrogen) atoms. The second-order valence-corrected chi connectivity index (χ2v) is 4.97. The molecule has 1 unspecified atom stereocenters. The Morgan fingerprint density at radius 3 is 2.16 bits per heavy atom. The van der Waals surface area contributed by atoms with E-state index in [2.05, 4.69) is 27.7 Å². The molecule has 2 nitrogen and oxygen atoms in total. The van der Waals surface area contributed by atoms with Crippen molar-refractivity contribution in [2.24, 2.45) is 5.92 Å². The molecule has 0 aromatic carbocycles. The van der Waals surface area contributed by atoms with Crippen LogP contribution in [-0.2, 0) is 9.53 Å². The van der Waals surface area contributed by atoms with E-state index in [0.29, 0.717) is 11.5 Å². The monoisotopic (exact) mass is 266 g/mol. The van der Waals surface area contributed by atoms with Gasteiger partial charge >= 0.3 is 5.97 Å². The Balaban J connectivity index is 5.42. The molecular weight excluding hydrogens is 236 g/mol. The molecule has 0 rings (SSSR count). The second-order valence-electron chi connectivity index (χ2n) is 4.97. The maximum absolute atomic E-state index is 11.5. The molecular formula is C17H30O2. The summed E-state index contributed by atoms with van der Waals surface area (Å²) in [6, 6.07) is 0. The number of allylic oxidation sites excluding steroid dienone is 3. The third-order valence-electron chi connectivity index (χ3n) is 3.70. The molecule has 0 radical (unpaired) electrons. The van der Waals surface area contributed by atoms with Gasteiger partial charge in [0.25, 0.3) is 0 Å². The lowest BCUT2D eigenvalue weighted by molar-refractivity contribution is -0.136. The van der Waals surface area contributed by atoms with Crippen LogP contribution in [0.5, 0.6) is 0 Å². The molecule has 0 fully saturated rings. The van der Waals surface area contributed by atoms with E-state index >= 15 is 0 Å². The van der Waals surface area contributed by atoms with Crippen molar-refractivity contribution in [3.05, 3.63) is 22.8 Å². The predicted molar refractivity (Wildman–Crippen MR) is 82.1 cm³/mol. The van der Waals surface area contributed by atoms with Crippen molar-refractivity contribution in [2.45, 2.75) is 66.7 Å². The molecule has 0 aliphatic rings. The number of methoxy groups -OCH3 is 1. The van der Waals surface area contributed by atoms with Gasteiger partial charge in [0.05, 0.1) is 7.11 Å². The summed E-state index contributed by atoms with van der Waals surface area (Å²) in [5, 5.41) is 0. The minimum atomic E-state index is -0.232. The highest BCUT2D eigenvalue weighted by atomic mass is 16.5. The molecule has 0 aliphatic heterocycles. The Morgan fingerprint density at radius 2 is 1.79 bits per heavy atom. The highest BCUT2D eigenvalue weighted by molar-refractivity contribution is 5.88. The number of esters is 1. The summed E-state index contributed by atoms with van der Waals surface area (Å²) in [6.07, 6.45) is 7.66. The van der Waals surface area contributed by atoms with E-state index in [-0.39, 0.29) is 5.97 Å². The van der Waals surface area contributed by atoms with Gasteiger partial charge in [-0.1, -0.05) is 39.7 Å². The number of hydrogen-bond donors (Lipinski definition) is 0. The molecule has 2 heteroatoms. The summed E-state index contributed by atoms with van der Waals surface area (Å²) < 4.78 is 4.78. The minimum absolute atomic E-state index is 0.232. The van der Waals surface area contributed by atoms with Gasteiger partial charge in [-0.2, -0.15) is 0 Å². The summed E-state index contributed by atoms with van der Waals surface area (Å²) in [5.74, 6) is 0.414. The number of carbonyl (C=O) groups excluding carboxylic acids is 1. The molecule has 0 aromatic rings. The fraction of sp³-hybridized carbons (Fsp3) is 0.706. The molecule has 0 amide bonds. The van der Waals surface area contributed by atoms with Gasteiger partial charge in [0.1, 0.15) is 0 Å². The lowest BCUT2D eigenvalue weighted by atomic mass is 9.85. The van der Waals surface area contributed by atoms with Gasteiger partial charge in [0.15, 0.2) is 0 Å². The molecule has 0 aromatic heterocycles. The van der Waals surface area contributed by atoms with Crippen LogP contribution in [0.25, 0.3) is 0 Å². The van der Waals surface area contributed by atoms with Gasteiger partial charge < -0.3 is 4.74 Å². The van der Waals surface area contributed by atoms with Crippen LogP contribution in [0, 0.1) is 5.92 Å². The molecule has 0 heterocycles. The lowest BCUT2D eigenvalue weighted by Gasteiger charge is -2.20. The topological polar surface area (TPSA) is 26.3 Å². The van der Waals surface area contributed by atoms with Crippen LogP contribution in [0.2, 0.25) is 0 Å². The first-order valence-corrected chi connectivity index (χ1v) is 7.53. The van der Waals surface area contributed by atoms with Gasteiger partial charge in [0, 0.05) is 5.57 Å². The third-order valence-corrected chi connectivity index (χ3v) is 3.70. The SMILES string of the molecule is CCCC(CC)/C(CC)=C(/C=C(\C)C(=O)OC)CC. The van der Waals surface area contributed by atoms with Crippen LogP contribution in [0.1, 0.15) is 66.7 Å². The van der Waals surface area contributed by atoms with E-state index in [1.54, 1.807) is 0 Å². The smallest absolute Gasteiger partial charge is 0.333 e. The van der Waals surface area contributed by atoms with Crippen LogP contribution >= 0.6 is 0 Å². The highest BCUT2D eigenvalue weighted by Crippen LogP contribution is 2.29. The Morgan fingerprint density at radius 1 is 1.16 bits per heavy atom. The summed E-state index contributed by atoms with van der Waals surface area (Å²) in [7, 11) is 1.43. The molecule has 0 N–H and O–H groups in total. The number of rotatable bonds is 8.